The molecule has 82 valence electrons. The van der Waals surface area contributed by atoms with Crippen molar-refractivity contribution in [3.05, 3.63) is 41.7 Å². The first-order valence-corrected chi connectivity index (χ1v) is 4.95. The molecule has 0 spiro atoms. The van der Waals surface area contributed by atoms with Crippen LogP contribution < -0.4 is 5.32 Å². The molecule has 1 N–H and O–H groups in total. The Balaban J connectivity index is 2.33. The molecule has 2 aromatic rings. The van der Waals surface area contributed by atoms with Crippen LogP contribution in [0.5, 0.6) is 0 Å². The van der Waals surface area contributed by atoms with Gasteiger partial charge in [-0.2, -0.15) is 0 Å². The standard InChI is InChI=1S/C11H12N4O/c1-12-11-14-13-10(8-16)15(11)7-9-5-3-2-4-6-9/h2-6,8H,7H2,1H3,(H,12,14). The molecule has 0 amide bonds. The van der Waals surface area contributed by atoms with Crippen molar-refractivity contribution in [3.63, 3.8) is 0 Å². The van der Waals surface area contributed by atoms with E-state index in [1.54, 1.807) is 11.6 Å². The van der Waals surface area contributed by atoms with Crippen LogP contribution in [0.3, 0.4) is 0 Å². The summed E-state index contributed by atoms with van der Waals surface area (Å²) < 4.78 is 1.74. The molecule has 0 aliphatic heterocycles. The lowest BCUT2D eigenvalue weighted by Gasteiger charge is -2.07. The molecule has 0 bridgehead atoms. The molecule has 0 fully saturated rings. The fourth-order valence-corrected chi connectivity index (χ4v) is 1.51. The van der Waals surface area contributed by atoms with Gasteiger partial charge >= 0.3 is 0 Å². The molecule has 1 heterocycles. The van der Waals surface area contributed by atoms with Crippen LogP contribution in [0.4, 0.5) is 5.95 Å². The topological polar surface area (TPSA) is 59.8 Å². The smallest absolute Gasteiger partial charge is 0.225 e. The molecule has 1 aromatic heterocycles. The minimum atomic E-state index is 0.327. The largest absolute Gasteiger partial charge is 0.357 e. The van der Waals surface area contributed by atoms with Gasteiger partial charge in [-0.1, -0.05) is 30.3 Å². The highest BCUT2D eigenvalue weighted by molar-refractivity contribution is 5.70. The number of carbonyl (C=O) groups excluding carboxylic acids is 1. The Morgan fingerprint density at radius 1 is 1.31 bits per heavy atom. The third-order valence-corrected chi connectivity index (χ3v) is 2.29. The number of aldehydes is 1. The summed E-state index contributed by atoms with van der Waals surface area (Å²) in [5.41, 5.74) is 1.10. The molecule has 5 nitrogen and oxygen atoms in total. The second-order valence-corrected chi connectivity index (χ2v) is 3.32. The van der Waals surface area contributed by atoms with Gasteiger partial charge in [0.15, 0.2) is 12.1 Å². The van der Waals surface area contributed by atoms with Crippen LogP contribution in [0, 0.1) is 0 Å². The quantitative estimate of drug-likeness (QED) is 0.780. The number of hydrogen-bond donors (Lipinski definition) is 1. The second kappa shape index (κ2) is 4.57. The monoisotopic (exact) mass is 216 g/mol. The summed E-state index contributed by atoms with van der Waals surface area (Å²) in [7, 11) is 1.75. The average molecular weight is 216 g/mol. The first-order valence-electron chi connectivity index (χ1n) is 4.95. The summed E-state index contributed by atoms with van der Waals surface area (Å²) in [5.74, 6) is 0.916. The van der Waals surface area contributed by atoms with Crippen molar-refractivity contribution in [2.75, 3.05) is 12.4 Å². The molecule has 0 radical (unpaired) electrons. The lowest BCUT2D eigenvalue weighted by molar-refractivity contribution is 0.111. The number of benzene rings is 1. The van der Waals surface area contributed by atoms with Gasteiger partial charge < -0.3 is 5.32 Å². The molecule has 1 aromatic carbocycles. The van der Waals surface area contributed by atoms with E-state index >= 15 is 0 Å². The van der Waals surface area contributed by atoms with E-state index in [-0.39, 0.29) is 0 Å². The molecule has 0 aliphatic carbocycles. The van der Waals surface area contributed by atoms with Gasteiger partial charge in [-0.25, -0.2) is 0 Å². The number of nitrogens with zero attached hydrogens (tertiary/aromatic N) is 3. The van der Waals surface area contributed by atoms with Gasteiger partial charge in [-0.15, -0.1) is 10.2 Å². The molecule has 0 aliphatic rings. The van der Waals surface area contributed by atoms with E-state index in [0.29, 0.717) is 24.6 Å². The van der Waals surface area contributed by atoms with E-state index in [9.17, 15) is 4.79 Å². The molecule has 0 saturated heterocycles. The third kappa shape index (κ3) is 1.93. The molecule has 0 unspecified atom stereocenters. The van der Waals surface area contributed by atoms with Crippen molar-refractivity contribution < 1.29 is 4.79 Å². The third-order valence-electron chi connectivity index (χ3n) is 2.29. The zero-order valence-corrected chi connectivity index (χ0v) is 8.92. The number of hydrogen-bond acceptors (Lipinski definition) is 4. The Morgan fingerprint density at radius 2 is 2.06 bits per heavy atom. The summed E-state index contributed by atoms with van der Waals surface area (Å²) in [6.07, 6.45) is 0.705. The van der Waals surface area contributed by atoms with Crippen molar-refractivity contribution in [2.45, 2.75) is 6.54 Å². The number of carbonyl (C=O) groups is 1. The Kier molecular flexibility index (Phi) is 2.95. The van der Waals surface area contributed by atoms with Gasteiger partial charge in [0.05, 0.1) is 6.54 Å². The van der Waals surface area contributed by atoms with Crippen molar-refractivity contribution in [1.29, 1.82) is 0 Å². The lowest BCUT2D eigenvalue weighted by atomic mass is 10.2. The predicted octanol–water partition coefficient (Wildman–Crippen LogP) is 1.18. The fourth-order valence-electron chi connectivity index (χ4n) is 1.51. The lowest BCUT2D eigenvalue weighted by Crippen LogP contribution is -2.08. The molecule has 5 heteroatoms. The minimum absolute atomic E-state index is 0.327. The minimum Gasteiger partial charge on any atom is -0.357 e. The van der Waals surface area contributed by atoms with E-state index in [1.165, 1.54) is 0 Å². The highest BCUT2D eigenvalue weighted by Crippen LogP contribution is 2.09. The number of aromatic nitrogens is 3. The van der Waals surface area contributed by atoms with Crippen LogP contribution in [0.2, 0.25) is 0 Å². The number of anilines is 1. The summed E-state index contributed by atoms with van der Waals surface area (Å²) in [5, 5.41) is 10.6. The first-order chi connectivity index (χ1) is 7.85. The summed E-state index contributed by atoms with van der Waals surface area (Å²) in [4.78, 5) is 10.8. The van der Waals surface area contributed by atoms with Gasteiger partial charge in [0.2, 0.25) is 5.95 Å². The average Bonchev–Trinajstić information content (AvgIpc) is 2.72. The van der Waals surface area contributed by atoms with Crippen molar-refractivity contribution in [1.82, 2.24) is 14.8 Å². The van der Waals surface area contributed by atoms with Crippen molar-refractivity contribution in [2.24, 2.45) is 0 Å². The van der Waals surface area contributed by atoms with Gasteiger partial charge in [0.25, 0.3) is 0 Å². The van der Waals surface area contributed by atoms with E-state index in [1.807, 2.05) is 30.3 Å². The van der Waals surface area contributed by atoms with E-state index in [0.717, 1.165) is 5.56 Å². The molecular formula is C11H12N4O. The van der Waals surface area contributed by atoms with Gasteiger partial charge in [0.1, 0.15) is 0 Å². The summed E-state index contributed by atoms with van der Waals surface area (Å²) >= 11 is 0. The van der Waals surface area contributed by atoms with Gasteiger partial charge in [-0.3, -0.25) is 9.36 Å². The van der Waals surface area contributed by atoms with Crippen LogP contribution in [0.25, 0.3) is 0 Å². The zero-order chi connectivity index (χ0) is 11.4. The van der Waals surface area contributed by atoms with Crippen molar-refractivity contribution in [3.8, 4) is 0 Å². The first kappa shape index (κ1) is 10.4. The van der Waals surface area contributed by atoms with Gasteiger partial charge in [-0.05, 0) is 5.56 Å². The Morgan fingerprint density at radius 3 is 2.69 bits per heavy atom. The maximum atomic E-state index is 10.8. The maximum absolute atomic E-state index is 10.8. The van der Waals surface area contributed by atoms with E-state index < -0.39 is 0 Å². The van der Waals surface area contributed by atoms with E-state index in [4.69, 9.17) is 0 Å². The molecule has 16 heavy (non-hydrogen) atoms. The zero-order valence-electron chi connectivity index (χ0n) is 8.92. The highest BCUT2D eigenvalue weighted by atomic mass is 16.1. The second-order valence-electron chi connectivity index (χ2n) is 3.32. The highest BCUT2D eigenvalue weighted by Gasteiger charge is 2.09. The van der Waals surface area contributed by atoms with Crippen LogP contribution in [0.15, 0.2) is 30.3 Å². The SMILES string of the molecule is CNc1nnc(C=O)n1Cc1ccccc1. The fraction of sp³-hybridized carbons (Fsp3) is 0.182. The molecule has 2 rings (SSSR count). The van der Waals surface area contributed by atoms with Gasteiger partial charge in [0, 0.05) is 7.05 Å². The maximum Gasteiger partial charge on any atom is 0.225 e. The summed E-state index contributed by atoms with van der Waals surface area (Å²) in [6.45, 7) is 0.581. The molecular weight excluding hydrogens is 204 g/mol. The number of nitrogens with one attached hydrogen (secondary N) is 1. The molecule has 0 atom stereocenters. The van der Waals surface area contributed by atoms with Crippen LogP contribution in [-0.4, -0.2) is 28.1 Å². The van der Waals surface area contributed by atoms with E-state index in [2.05, 4.69) is 15.5 Å². The number of rotatable bonds is 4. The van der Waals surface area contributed by atoms with Crippen LogP contribution >= 0.6 is 0 Å². The Hall–Kier alpha value is -2.17. The Bertz CT molecular complexity index is 478. The van der Waals surface area contributed by atoms with Crippen molar-refractivity contribution >= 4 is 12.2 Å². The summed E-state index contributed by atoms with van der Waals surface area (Å²) in [6, 6.07) is 9.86. The van der Waals surface area contributed by atoms with Crippen LogP contribution in [0.1, 0.15) is 16.2 Å². The molecule has 0 saturated carbocycles. The Labute approximate surface area is 93.1 Å². The normalized spacial score (nSPS) is 10.1. The predicted molar refractivity (Wildman–Crippen MR) is 60.5 cm³/mol. The van der Waals surface area contributed by atoms with Crippen LogP contribution in [-0.2, 0) is 6.54 Å².